The maximum atomic E-state index is 11.1. The highest BCUT2D eigenvalue weighted by molar-refractivity contribution is 5.90. The van der Waals surface area contributed by atoms with Gasteiger partial charge in [-0.3, -0.25) is 9.59 Å². The van der Waals surface area contributed by atoms with Crippen molar-refractivity contribution in [3.05, 3.63) is 54.4 Å². The van der Waals surface area contributed by atoms with Crippen LogP contribution in [0.1, 0.15) is 17.4 Å². The number of benzene rings is 1. The number of nitrogens with one attached hydrogen (secondary N) is 1. The molecule has 5 nitrogen and oxygen atoms in total. The minimum Gasteiger partial charge on any atom is -0.311 e. The summed E-state index contributed by atoms with van der Waals surface area (Å²) in [6.45, 7) is 1.45. The van der Waals surface area contributed by atoms with Gasteiger partial charge < -0.3 is 5.32 Å². The van der Waals surface area contributed by atoms with E-state index in [1.165, 1.54) is 6.92 Å². The molecule has 2 heterocycles. The van der Waals surface area contributed by atoms with Crippen LogP contribution in [0.2, 0.25) is 0 Å². The molecule has 0 bridgehead atoms. The van der Waals surface area contributed by atoms with Crippen molar-refractivity contribution in [3.63, 3.8) is 0 Å². The number of carbonyl (C=O) groups excluding carboxylic acids is 2. The quantitative estimate of drug-likeness (QED) is 0.753. The van der Waals surface area contributed by atoms with E-state index in [1.807, 2.05) is 36.4 Å². The monoisotopic (exact) mass is 291 g/mol. The van der Waals surface area contributed by atoms with Crippen LogP contribution < -0.4 is 5.32 Å². The van der Waals surface area contributed by atoms with Gasteiger partial charge in [-0.15, -0.1) is 0 Å². The molecule has 1 aromatic carbocycles. The SMILES string of the molecule is CC(=O)Nc1cc(-c2ccc3nc(C=O)ccc3c2)ccn1. The molecule has 5 heteroatoms. The number of aromatic nitrogens is 2. The summed E-state index contributed by atoms with van der Waals surface area (Å²) in [6.07, 6.45) is 2.38. The minimum atomic E-state index is -0.159. The van der Waals surface area contributed by atoms with E-state index in [1.54, 1.807) is 12.3 Å². The number of carbonyl (C=O) groups is 2. The second-order valence-corrected chi connectivity index (χ2v) is 4.87. The Hall–Kier alpha value is -3.08. The largest absolute Gasteiger partial charge is 0.311 e. The van der Waals surface area contributed by atoms with Crippen LogP contribution in [0.15, 0.2) is 48.7 Å². The van der Waals surface area contributed by atoms with Crippen LogP contribution >= 0.6 is 0 Å². The van der Waals surface area contributed by atoms with Crippen LogP contribution in [-0.4, -0.2) is 22.2 Å². The number of hydrogen-bond donors (Lipinski definition) is 1. The van der Waals surface area contributed by atoms with Gasteiger partial charge >= 0.3 is 0 Å². The summed E-state index contributed by atoms with van der Waals surface area (Å²) in [5, 5.41) is 3.61. The van der Waals surface area contributed by atoms with Crippen LogP contribution in [0.5, 0.6) is 0 Å². The van der Waals surface area contributed by atoms with Crippen LogP contribution in [0.25, 0.3) is 22.0 Å². The Kier molecular flexibility index (Phi) is 3.62. The molecule has 2 aromatic heterocycles. The fraction of sp³-hybridized carbons (Fsp3) is 0.0588. The van der Waals surface area contributed by atoms with Gasteiger partial charge in [-0.25, -0.2) is 9.97 Å². The maximum absolute atomic E-state index is 11.1. The molecular weight excluding hydrogens is 278 g/mol. The number of hydrogen-bond acceptors (Lipinski definition) is 4. The van der Waals surface area contributed by atoms with Crippen molar-refractivity contribution in [2.45, 2.75) is 6.92 Å². The number of nitrogens with zero attached hydrogens (tertiary/aromatic N) is 2. The second-order valence-electron chi connectivity index (χ2n) is 4.87. The Labute approximate surface area is 127 Å². The summed E-state index contributed by atoms with van der Waals surface area (Å²) in [5.41, 5.74) is 3.11. The molecule has 0 saturated carbocycles. The minimum absolute atomic E-state index is 0.159. The number of fused-ring (bicyclic) bond motifs is 1. The van der Waals surface area contributed by atoms with Gasteiger partial charge in [-0.05, 0) is 41.5 Å². The molecule has 0 spiro atoms. The Morgan fingerprint density at radius 3 is 2.68 bits per heavy atom. The third kappa shape index (κ3) is 2.83. The van der Waals surface area contributed by atoms with E-state index in [4.69, 9.17) is 0 Å². The van der Waals surface area contributed by atoms with E-state index < -0.39 is 0 Å². The van der Waals surface area contributed by atoms with Crippen LogP contribution in [0.3, 0.4) is 0 Å². The van der Waals surface area contributed by atoms with Crippen molar-refractivity contribution >= 4 is 28.9 Å². The van der Waals surface area contributed by atoms with Gasteiger partial charge in [0, 0.05) is 18.5 Å². The average molecular weight is 291 g/mol. The van der Waals surface area contributed by atoms with Crippen LogP contribution in [-0.2, 0) is 4.79 Å². The normalized spacial score (nSPS) is 10.4. The molecule has 3 rings (SSSR count). The van der Waals surface area contributed by atoms with Gasteiger partial charge in [0.1, 0.15) is 11.5 Å². The summed E-state index contributed by atoms with van der Waals surface area (Å²) < 4.78 is 0. The predicted molar refractivity (Wildman–Crippen MR) is 84.7 cm³/mol. The highest BCUT2D eigenvalue weighted by atomic mass is 16.1. The first kappa shape index (κ1) is 13.9. The summed E-state index contributed by atoms with van der Waals surface area (Å²) in [4.78, 5) is 30.2. The van der Waals surface area contributed by atoms with Gasteiger partial charge in [0.2, 0.25) is 5.91 Å². The number of amides is 1. The second kappa shape index (κ2) is 5.73. The predicted octanol–water partition coefficient (Wildman–Crippen LogP) is 3.07. The van der Waals surface area contributed by atoms with E-state index in [9.17, 15) is 9.59 Å². The van der Waals surface area contributed by atoms with Crippen molar-refractivity contribution < 1.29 is 9.59 Å². The molecule has 1 amide bonds. The Morgan fingerprint density at radius 2 is 1.91 bits per heavy atom. The molecule has 3 aromatic rings. The first-order chi connectivity index (χ1) is 10.7. The summed E-state index contributed by atoms with van der Waals surface area (Å²) in [6, 6.07) is 13.0. The third-order valence-electron chi connectivity index (χ3n) is 3.23. The molecule has 0 saturated heterocycles. The maximum Gasteiger partial charge on any atom is 0.222 e. The topological polar surface area (TPSA) is 72.0 Å². The molecule has 0 fully saturated rings. The number of rotatable bonds is 3. The van der Waals surface area contributed by atoms with Gasteiger partial charge in [-0.1, -0.05) is 12.1 Å². The molecule has 0 atom stereocenters. The number of pyridine rings is 2. The lowest BCUT2D eigenvalue weighted by atomic mass is 10.0. The molecular formula is C17H13N3O2. The van der Waals surface area contributed by atoms with Crippen molar-refractivity contribution in [3.8, 4) is 11.1 Å². The van der Waals surface area contributed by atoms with E-state index in [0.717, 1.165) is 28.3 Å². The molecule has 0 radical (unpaired) electrons. The standard InChI is InChI=1S/C17H13N3O2/c1-11(22)19-17-9-13(6-7-18-17)12-3-5-16-14(8-12)2-4-15(10-21)20-16/h2-10H,1H3,(H,18,19,22). The van der Waals surface area contributed by atoms with Crippen LogP contribution in [0, 0.1) is 0 Å². The van der Waals surface area contributed by atoms with Gasteiger partial charge in [0.25, 0.3) is 0 Å². The molecule has 0 aliphatic rings. The Bertz CT molecular complexity index is 875. The zero-order chi connectivity index (χ0) is 15.5. The molecule has 0 aliphatic heterocycles. The van der Waals surface area contributed by atoms with Crippen molar-refractivity contribution in [2.75, 3.05) is 5.32 Å². The number of anilines is 1. The molecule has 0 unspecified atom stereocenters. The molecule has 1 N–H and O–H groups in total. The van der Waals surface area contributed by atoms with E-state index in [2.05, 4.69) is 15.3 Å². The van der Waals surface area contributed by atoms with E-state index >= 15 is 0 Å². The summed E-state index contributed by atoms with van der Waals surface area (Å²) in [7, 11) is 0. The van der Waals surface area contributed by atoms with E-state index in [-0.39, 0.29) is 5.91 Å². The van der Waals surface area contributed by atoms with Gasteiger partial charge in [0.15, 0.2) is 6.29 Å². The van der Waals surface area contributed by atoms with E-state index in [0.29, 0.717) is 11.5 Å². The highest BCUT2D eigenvalue weighted by Gasteiger charge is 2.04. The zero-order valence-corrected chi connectivity index (χ0v) is 11.9. The smallest absolute Gasteiger partial charge is 0.222 e. The van der Waals surface area contributed by atoms with Gasteiger partial charge in [0.05, 0.1) is 5.52 Å². The van der Waals surface area contributed by atoms with Crippen molar-refractivity contribution in [2.24, 2.45) is 0 Å². The highest BCUT2D eigenvalue weighted by Crippen LogP contribution is 2.25. The first-order valence-corrected chi connectivity index (χ1v) is 6.76. The lowest BCUT2D eigenvalue weighted by molar-refractivity contribution is -0.114. The molecule has 0 aliphatic carbocycles. The average Bonchev–Trinajstić information content (AvgIpc) is 2.53. The fourth-order valence-electron chi connectivity index (χ4n) is 2.25. The lowest BCUT2D eigenvalue weighted by Crippen LogP contribution is -2.07. The fourth-order valence-corrected chi connectivity index (χ4v) is 2.25. The number of aldehydes is 1. The molecule has 108 valence electrons. The van der Waals surface area contributed by atoms with Gasteiger partial charge in [-0.2, -0.15) is 0 Å². The molecule has 22 heavy (non-hydrogen) atoms. The summed E-state index contributed by atoms with van der Waals surface area (Å²) >= 11 is 0. The Balaban J connectivity index is 2.02. The van der Waals surface area contributed by atoms with Crippen molar-refractivity contribution in [1.82, 2.24) is 9.97 Å². The Morgan fingerprint density at radius 1 is 1.09 bits per heavy atom. The third-order valence-corrected chi connectivity index (χ3v) is 3.23. The van der Waals surface area contributed by atoms with Crippen LogP contribution in [0.4, 0.5) is 5.82 Å². The summed E-state index contributed by atoms with van der Waals surface area (Å²) in [5.74, 6) is 0.355. The zero-order valence-electron chi connectivity index (χ0n) is 11.9. The lowest BCUT2D eigenvalue weighted by Gasteiger charge is -2.06. The van der Waals surface area contributed by atoms with Crippen molar-refractivity contribution in [1.29, 1.82) is 0 Å². The first-order valence-electron chi connectivity index (χ1n) is 6.76.